The molecular weight excluding hydrogens is 238 g/mol. The molecule has 1 aromatic heterocycles. The zero-order valence-electron chi connectivity index (χ0n) is 12.4. The van der Waals surface area contributed by atoms with Crippen LogP contribution in [0.1, 0.15) is 45.1 Å². The normalized spacial score (nSPS) is 20.2. The highest BCUT2D eigenvalue weighted by Crippen LogP contribution is 2.26. The largest absolute Gasteiger partial charge is 0.297 e. The number of aromatic nitrogens is 2. The van der Waals surface area contributed by atoms with Gasteiger partial charge in [-0.1, -0.05) is 13.3 Å². The van der Waals surface area contributed by atoms with Crippen molar-refractivity contribution in [1.82, 2.24) is 14.7 Å². The number of likely N-dealkylation sites (tertiary alicyclic amines) is 1. The van der Waals surface area contributed by atoms with E-state index in [0.717, 1.165) is 25.1 Å². The Hall–Kier alpha value is -1.16. The lowest BCUT2D eigenvalue weighted by Crippen LogP contribution is -2.54. The number of aryl methyl sites for hydroxylation is 1. The Morgan fingerprint density at radius 2 is 2.05 bits per heavy atom. The number of ketones is 1. The first-order valence-electron chi connectivity index (χ1n) is 7.32. The third kappa shape index (κ3) is 3.06. The van der Waals surface area contributed by atoms with Gasteiger partial charge in [0.1, 0.15) is 0 Å². The number of carbonyl (C=O) groups is 1. The summed E-state index contributed by atoms with van der Waals surface area (Å²) in [4.78, 5) is 15.1. The smallest absolute Gasteiger partial charge is 0.157 e. The molecule has 0 aromatic carbocycles. The summed E-state index contributed by atoms with van der Waals surface area (Å²) < 4.78 is 1.76. The quantitative estimate of drug-likeness (QED) is 0.817. The van der Waals surface area contributed by atoms with Gasteiger partial charge in [0.15, 0.2) is 5.78 Å². The fraction of sp³-hybridized carbons (Fsp3) is 0.733. The standard InChI is InChI=1S/C15H25N3O/c1-4-15(2,18-8-6-5-7-9-18)14(19)10-13-11-16-17(3)12-13/h11-12H,4-10H2,1-3H3. The predicted molar refractivity (Wildman–Crippen MR) is 76.0 cm³/mol. The van der Waals surface area contributed by atoms with Crippen LogP contribution in [0, 0.1) is 0 Å². The van der Waals surface area contributed by atoms with Crippen LogP contribution in [0.2, 0.25) is 0 Å². The SMILES string of the molecule is CCC(C)(C(=O)Cc1cnn(C)c1)N1CCCCC1. The van der Waals surface area contributed by atoms with E-state index in [0.29, 0.717) is 12.2 Å². The summed E-state index contributed by atoms with van der Waals surface area (Å²) in [6.45, 7) is 6.35. The van der Waals surface area contributed by atoms with Crippen LogP contribution >= 0.6 is 0 Å². The summed E-state index contributed by atoms with van der Waals surface area (Å²) in [6, 6.07) is 0. The molecule has 4 heteroatoms. The molecular formula is C15H25N3O. The van der Waals surface area contributed by atoms with Crippen molar-refractivity contribution in [2.24, 2.45) is 7.05 Å². The molecule has 0 N–H and O–H groups in total. The van der Waals surface area contributed by atoms with Crippen molar-refractivity contribution in [3.05, 3.63) is 18.0 Å². The first-order chi connectivity index (χ1) is 9.06. The van der Waals surface area contributed by atoms with Crippen LogP contribution in [0.3, 0.4) is 0 Å². The number of rotatable bonds is 5. The van der Waals surface area contributed by atoms with Crippen LogP contribution in [0.4, 0.5) is 0 Å². The van der Waals surface area contributed by atoms with Crippen LogP contribution in [0.25, 0.3) is 0 Å². The Bertz CT molecular complexity index is 434. The maximum atomic E-state index is 12.7. The van der Waals surface area contributed by atoms with Gasteiger partial charge in [-0.2, -0.15) is 5.10 Å². The molecule has 1 fully saturated rings. The third-order valence-corrected chi connectivity index (χ3v) is 4.47. The molecule has 1 atom stereocenters. The fourth-order valence-corrected chi connectivity index (χ4v) is 2.92. The molecule has 0 saturated carbocycles. The van der Waals surface area contributed by atoms with E-state index in [-0.39, 0.29) is 5.54 Å². The van der Waals surface area contributed by atoms with E-state index in [1.807, 2.05) is 13.2 Å². The molecule has 4 nitrogen and oxygen atoms in total. The molecule has 0 bridgehead atoms. The summed E-state index contributed by atoms with van der Waals surface area (Å²) >= 11 is 0. The van der Waals surface area contributed by atoms with E-state index in [2.05, 4.69) is 23.8 Å². The van der Waals surface area contributed by atoms with E-state index in [1.165, 1.54) is 19.3 Å². The first-order valence-corrected chi connectivity index (χ1v) is 7.32. The summed E-state index contributed by atoms with van der Waals surface area (Å²) in [5, 5.41) is 4.14. The number of Topliss-reactive ketones (excluding diaryl/α,β-unsaturated/α-hetero) is 1. The molecule has 0 amide bonds. The molecule has 1 saturated heterocycles. The van der Waals surface area contributed by atoms with Crippen molar-refractivity contribution < 1.29 is 4.79 Å². The molecule has 2 heterocycles. The number of nitrogens with zero attached hydrogens (tertiary/aromatic N) is 3. The van der Waals surface area contributed by atoms with E-state index >= 15 is 0 Å². The van der Waals surface area contributed by atoms with E-state index in [9.17, 15) is 4.79 Å². The van der Waals surface area contributed by atoms with Gasteiger partial charge in [-0.25, -0.2) is 0 Å². The Balaban J connectivity index is 2.08. The highest BCUT2D eigenvalue weighted by atomic mass is 16.1. The minimum Gasteiger partial charge on any atom is -0.297 e. The maximum absolute atomic E-state index is 12.7. The maximum Gasteiger partial charge on any atom is 0.157 e. The lowest BCUT2D eigenvalue weighted by Gasteiger charge is -2.41. The number of carbonyl (C=O) groups excluding carboxylic acids is 1. The monoisotopic (exact) mass is 263 g/mol. The molecule has 0 radical (unpaired) electrons. The molecule has 1 aromatic rings. The molecule has 19 heavy (non-hydrogen) atoms. The molecule has 1 aliphatic rings. The number of hydrogen-bond acceptors (Lipinski definition) is 3. The summed E-state index contributed by atoms with van der Waals surface area (Å²) in [5.41, 5.74) is 0.708. The Morgan fingerprint density at radius 1 is 1.37 bits per heavy atom. The molecule has 0 aliphatic carbocycles. The van der Waals surface area contributed by atoms with Crippen LogP contribution in [0.5, 0.6) is 0 Å². The fourth-order valence-electron chi connectivity index (χ4n) is 2.92. The first kappa shape index (κ1) is 14.3. The predicted octanol–water partition coefficient (Wildman–Crippen LogP) is 2.19. The second-order valence-corrected chi connectivity index (χ2v) is 5.80. The van der Waals surface area contributed by atoms with Gasteiger partial charge in [-0.15, -0.1) is 0 Å². The van der Waals surface area contributed by atoms with Crippen molar-refractivity contribution in [3.63, 3.8) is 0 Å². The zero-order valence-corrected chi connectivity index (χ0v) is 12.4. The van der Waals surface area contributed by atoms with E-state index < -0.39 is 0 Å². The Labute approximate surface area is 115 Å². The Morgan fingerprint density at radius 3 is 2.58 bits per heavy atom. The number of hydrogen-bond donors (Lipinski definition) is 0. The van der Waals surface area contributed by atoms with Gasteiger partial charge in [0.2, 0.25) is 0 Å². The zero-order chi connectivity index (χ0) is 13.9. The van der Waals surface area contributed by atoms with E-state index in [4.69, 9.17) is 0 Å². The average Bonchev–Trinajstić information content (AvgIpc) is 2.84. The van der Waals surface area contributed by atoms with Gasteiger partial charge < -0.3 is 0 Å². The van der Waals surface area contributed by atoms with Gasteiger partial charge in [0.05, 0.1) is 11.7 Å². The molecule has 2 rings (SSSR count). The summed E-state index contributed by atoms with van der Waals surface area (Å²) in [7, 11) is 1.89. The highest BCUT2D eigenvalue weighted by molar-refractivity contribution is 5.89. The van der Waals surface area contributed by atoms with Crippen LogP contribution in [0.15, 0.2) is 12.4 Å². The summed E-state index contributed by atoms with van der Waals surface area (Å²) in [6.07, 6.45) is 8.84. The lowest BCUT2D eigenvalue weighted by atomic mass is 9.86. The topological polar surface area (TPSA) is 38.1 Å². The van der Waals surface area contributed by atoms with Crippen molar-refractivity contribution in [1.29, 1.82) is 0 Å². The van der Waals surface area contributed by atoms with Gasteiger partial charge in [0, 0.05) is 19.7 Å². The van der Waals surface area contributed by atoms with Crippen molar-refractivity contribution in [3.8, 4) is 0 Å². The second-order valence-electron chi connectivity index (χ2n) is 5.80. The lowest BCUT2D eigenvalue weighted by molar-refractivity contribution is -0.130. The second kappa shape index (κ2) is 5.87. The third-order valence-electron chi connectivity index (χ3n) is 4.47. The molecule has 0 spiro atoms. The van der Waals surface area contributed by atoms with Crippen LogP contribution in [-0.2, 0) is 18.3 Å². The van der Waals surface area contributed by atoms with Crippen molar-refractivity contribution in [2.75, 3.05) is 13.1 Å². The van der Waals surface area contributed by atoms with Crippen LogP contribution in [-0.4, -0.2) is 39.1 Å². The Kier molecular flexibility index (Phi) is 4.40. The molecule has 1 aliphatic heterocycles. The number of piperidine rings is 1. The van der Waals surface area contributed by atoms with Gasteiger partial charge >= 0.3 is 0 Å². The minimum atomic E-state index is -0.309. The van der Waals surface area contributed by atoms with Gasteiger partial charge in [-0.3, -0.25) is 14.4 Å². The van der Waals surface area contributed by atoms with E-state index in [1.54, 1.807) is 10.9 Å². The van der Waals surface area contributed by atoms with Crippen molar-refractivity contribution in [2.45, 2.75) is 51.5 Å². The molecule has 1 unspecified atom stereocenters. The molecule has 106 valence electrons. The van der Waals surface area contributed by atoms with Crippen molar-refractivity contribution >= 4 is 5.78 Å². The summed E-state index contributed by atoms with van der Waals surface area (Å²) in [5.74, 6) is 0.324. The average molecular weight is 263 g/mol. The van der Waals surface area contributed by atoms with Gasteiger partial charge in [0.25, 0.3) is 0 Å². The van der Waals surface area contributed by atoms with Gasteiger partial charge in [-0.05, 0) is 44.8 Å². The van der Waals surface area contributed by atoms with Crippen LogP contribution < -0.4 is 0 Å². The highest BCUT2D eigenvalue weighted by Gasteiger charge is 2.37. The minimum absolute atomic E-state index is 0.309.